The average molecular weight is 1090 g/mol. The number of aliphatic hydroxyl groups excluding tert-OH is 2. The molecule has 12 nitrogen and oxygen atoms in total. The Morgan fingerprint density at radius 1 is 0.429 bits per heavy atom. The zero-order chi connectivity index (χ0) is 56.1. The number of hydrogen-bond acceptors (Lipinski definition) is 11. The van der Waals surface area contributed by atoms with Crippen LogP contribution in [0.1, 0.15) is 303 Å². The van der Waals surface area contributed by atoms with Gasteiger partial charge in [0.2, 0.25) is 0 Å². The SMILES string of the molecule is CCCCC/C=C\C/C=C\CCCCCCCCCC(=O)OCC(COC1OC(C(=O)O)C(O)C(O)C1OC(=O)CCCCCCCCCCCCCCCCC)OC(=O)CCCCCCC/C=C\CCCCCCCC. The maximum Gasteiger partial charge on any atom is 0.335 e. The quantitative estimate of drug-likeness (QED) is 0.0228. The summed E-state index contributed by atoms with van der Waals surface area (Å²) in [6.07, 6.45) is 51.0. The summed E-state index contributed by atoms with van der Waals surface area (Å²) in [7, 11) is 0. The van der Waals surface area contributed by atoms with Crippen molar-refractivity contribution in [3.8, 4) is 0 Å². The van der Waals surface area contributed by atoms with Gasteiger partial charge >= 0.3 is 23.9 Å². The molecule has 0 bridgehead atoms. The van der Waals surface area contributed by atoms with E-state index in [9.17, 15) is 34.5 Å². The topological polar surface area (TPSA) is 175 Å². The van der Waals surface area contributed by atoms with Crippen molar-refractivity contribution >= 4 is 23.9 Å². The van der Waals surface area contributed by atoms with Crippen LogP contribution in [0.4, 0.5) is 0 Å². The Kier molecular flexibility index (Phi) is 50.1. The first-order valence-corrected chi connectivity index (χ1v) is 32.0. The number of rotatable bonds is 55. The third-order valence-corrected chi connectivity index (χ3v) is 14.7. The molecule has 0 amide bonds. The second-order valence-electron chi connectivity index (χ2n) is 22.0. The lowest BCUT2D eigenvalue weighted by Crippen LogP contribution is -2.61. The largest absolute Gasteiger partial charge is 0.479 e. The van der Waals surface area contributed by atoms with Crippen LogP contribution in [-0.2, 0) is 42.9 Å². The molecule has 0 saturated carbocycles. The third-order valence-electron chi connectivity index (χ3n) is 14.7. The number of aliphatic carboxylic acids is 1. The van der Waals surface area contributed by atoms with E-state index in [0.29, 0.717) is 19.3 Å². The van der Waals surface area contributed by atoms with Gasteiger partial charge in [0.05, 0.1) is 6.61 Å². The van der Waals surface area contributed by atoms with Crippen LogP contribution in [0.2, 0.25) is 0 Å². The molecule has 0 aliphatic carbocycles. The second-order valence-corrected chi connectivity index (χ2v) is 22.0. The van der Waals surface area contributed by atoms with Gasteiger partial charge in [0.25, 0.3) is 0 Å². The average Bonchev–Trinajstić information content (AvgIpc) is 3.42. The van der Waals surface area contributed by atoms with Crippen LogP contribution in [0.3, 0.4) is 0 Å². The highest BCUT2D eigenvalue weighted by atomic mass is 16.7. The van der Waals surface area contributed by atoms with Gasteiger partial charge in [-0.2, -0.15) is 0 Å². The molecule has 77 heavy (non-hydrogen) atoms. The zero-order valence-electron chi connectivity index (χ0n) is 49.5. The highest BCUT2D eigenvalue weighted by Gasteiger charge is 2.50. The number of allylic oxidation sites excluding steroid dienone is 6. The normalized spacial score (nSPS) is 18.2. The first kappa shape index (κ1) is 72.0. The maximum atomic E-state index is 13.2. The zero-order valence-corrected chi connectivity index (χ0v) is 49.5. The lowest BCUT2D eigenvalue weighted by molar-refractivity contribution is -0.301. The molecule has 1 saturated heterocycles. The summed E-state index contributed by atoms with van der Waals surface area (Å²) in [5.74, 6) is -3.11. The summed E-state index contributed by atoms with van der Waals surface area (Å²) in [4.78, 5) is 51.2. The number of carboxylic acid groups (broad SMARTS) is 1. The molecule has 1 aliphatic heterocycles. The van der Waals surface area contributed by atoms with E-state index in [0.717, 1.165) is 96.3 Å². The fourth-order valence-electron chi connectivity index (χ4n) is 9.75. The molecule has 1 heterocycles. The molecule has 12 heteroatoms. The Hall–Kier alpha value is -3.06. The molecule has 0 aromatic rings. The van der Waals surface area contributed by atoms with E-state index in [1.807, 2.05) is 0 Å². The van der Waals surface area contributed by atoms with Crippen molar-refractivity contribution in [3.05, 3.63) is 36.5 Å². The lowest BCUT2D eigenvalue weighted by Gasteiger charge is -2.40. The summed E-state index contributed by atoms with van der Waals surface area (Å²) in [6.45, 7) is 5.99. The van der Waals surface area contributed by atoms with Crippen molar-refractivity contribution in [1.29, 1.82) is 0 Å². The van der Waals surface area contributed by atoms with Crippen LogP contribution in [-0.4, -0.2) is 89.2 Å². The minimum Gasteiger partial charge on any atom is -0.479 e. The first-order valence-electron chi connectivity index (χ1n) is 32.0. The van der Waals surface area contributed by atoms with Gasteiger partial charge in [-0.3, -0.25) is 14.4 Å². The van der Waals surface area contributed by atoms with Crippen molar-refractivity contribution in [2.24, 2.45) is 0 Å². The van der Waals surface area contributed by atoms with E-state index in [1.54, 1.807) is 0 Å². The summed E-state index contributed by atoms with van der Waals surface area (Å²) in [6, 6.07) is 0. The Morgan fingerprint density at radius 2 is 0.779 bits per heavy atom. The molecule has 0 spiro atoms. The number of esters is 3. The predicted molar refractivity (Wildman–Crippen MR) is 313 cm³/mol. The Labute approximate surface area is 470 Å². The predicted octanol–water partition coefficient (Wildman–Crippen LogP) is 16.8. The van der Waals surface area contributed by atoms with Crippen LogP contribution in [0.15, 0.2) is 36.5 Å². The molecule has 3 N–H and O–H groups in total. The fourth-order valence-corrected chi connectivity index (χ4v) is 9.75. The maximum absolute atomic E-state index is 13.2. The van der Waals surface area contributed by atoms with Gasteiger partial charge in [-0.15, -0.1) is 0 Å². The second kappa shape index (κ2) is 53.6. The lowest BCUT2D eigenvalue weighted by atomic mass is 9.98. The number of carboxylic acids is 1. The summed E-state index contributed by atoms with van der Waals surface area (Å²) in [5.41, 5.74) is 0. The molecular formula is C65H116O12. The molecule has 1 fully saturated rings. The van der Waals surface area contributed by atoms with Crippen LogP contribution < -0.4 is 0 Å². The van der Waals surface area contributed by atoms with E-state index in [4.69, 9.17) is 23.7 Å². The summed E-state index contributed by atoms with van der Waals surface area (Å²) >= 11 is 0. The minimum absolute atomic E-state index is 0.0643. The molecule has 1 rings (SSSR count). The van der Waals surface area contributed by atoms with E-state index in [1.165, 1.54) is 148 Å². The van der Waals surface area contributed by atoms with Crippen molar-refractivity contribution in [2.45, 2.75) is 340 Å². The van der Waals surface area contributed by atoms with Gasteiger partial charge in [0, 0.05) is 19.3 Å². The van der Waals surface area contributed by atoms with Crippen molar-refractivity contribution < 1.29 is 58.2 Å². The number of ether oxygens (including phenoxy) is 5. The highest BCUT2D eigenvalue weighted by Crippen LogP contribution is 2.27. The molecule has 6 unspecified atom stereocenters. The minimum atomic E-state index is -1.90. The van der Waals surface area contributed by atoms with Crippen LogP contribution in [0.5, 0.6) is 0 Å². The van der Waals surface area contributed by atoms with E-state index in [2.05, 4.69) is 57.2 Å². The molecule has 6 atom stereocenters. The summed E-state index contributed by atoms with van der Waals surface area (Å²) < 4.78 is 28.5. The smallest absolute Gasteiger partial charge is 0.335 e. The van der Waals surface area contributed by atoms with Crippen molar-refractivity contribution in [2.75, 3.05) is 13.2 Å². The number of aliphatic hydroxyl groups is 2. The van der Waals surface area contributed by atoms with Gasteiger partial charge in [0.1, 0.15) is 18.8 Å². The van der Waals surface area contributed by atoms with Crippen LogP contribution in [0.25, 0.3) is 0 Å². The number of carbonyl (C=O) groups excluding carboxylic acids is 3. The molecule has 448 valence electrons. The van der Waals surface area contributed by atoms with Gasteiger partial charge in [-0.1, -0.05) is 243 Å². The van der Waals surface area contributed by atoms with Crippen molar-refractivity contribution in [1.82, 2.24) is 0 Å². The highest BCUT2D eigenvalue weighted by molar-refractivity contribution is 5.74. The standard InChI is InChI=1S/C65H116O12/c1-4-7-10-13-16-19-22-25-28-29-32-33-36-39-42-45-48-51-57(66)73-54-56(75-58(67)52-49-46-43-40-37-34-30-26-23-20-17-14-11-8-5-2)55-74-65-63(61(70)60(69)62(77-65)64(71)72)76-59(68)53-50-47-44-41-38-35-31-27-24-21-18-15-12-9-6-3/h16,19,25-26,28,30,56,60-63,65,69-70H,4-15,17-18,20-24,27,29,31-55H2,1-3H3,(H,71,72)/b19-16-,28-25-,30-26-. The van der Waals surface area contributed by atoms with E-state index in [-0.39, 0.29) is 25.9 Å². The van der Waals surface area contributed by atoms with Gasteiger partial charge < -0.3 is 39.0 Å². The molecule has 0 aromatic heterocycles. The van der Waals surface area contributed by atoms with Gasteiger partial charge in [0.15, 0.2) is 24.6 Å². The number of hydrogen-bond donors (Lipinski definition) is 3. The molecule has 0 aromatic carbocycles. The molecule has 0 radical (unpaired) electrons. The molecule has 1 aliphatic rings. The van der Waals surface area contributed by atoms with E-state index < -0.39 is 67.3 Å². The summed E-state index contributed by atoms with van der Waals surface area (Å²) in [5, 5.41) is 31.5. The fraction of sp³-hybridized carbons (Fsp3) is 0.846. The third kappa shape index (κ3) is 43.4. The molecular weight excluding hydrogens is 973 g/mol. The Bertz CT molecular complexity index is 1480. The van der Waals surface area contributed by atoms with Gasteiger partial charge in [-0.25, -0.2) is 4.79 Å². The van der Waals surface area contributed by atoms with Crippen LogP contribution in [0, 0.1) is 0 Å². The first-order chi connectivity index (χ1) is 37.6. The van der Waals surface area contributed by atoms with E-state index >= 15 is 0 Å². The Balaban J connectivity index is 2.67. The van der Waals surface area contributed by atoms with Crippen molar-refractivity contribution in [3.63, 3.8) is 0 Å². The number of unbranched alkanes of at least 4 members (excludes halogenated alkanes) is 35. The number of carbonyl (C=O) groups is 4. The van der Waals surface area contributed by atoms with Gasteiger partial charge in [-0.05, 0) is 77.0 Å². The Morgan fingerprint density at radius 3 is 1.21 bits per heavy atom. The monoisotopic (exact) mass is 1090 g/mol. The van der Waals surface area contributed by atoms with Crippen LogP contribution >= 0.6 is 0 Å².